The highest BCUT2D eigenvalue weighted by Crippen LogP contribution is 2.21. The van der Waals surface area contributed by atoms with Crippen LogP contribution in [0.25, 0.3) is 11.6 Å². The first-order chi connectivity index (χ1) is 11.2. The van der Waals surface area contributed by atoms with Gasteiger partial charge in [0, 0.05) is 12.1 Å². The number of amides is 1. The van der Waals surface area contributed by atoms with Crippen LogP contribution in [-0.2, 0) is 6.54 Å². The summed E-state index contributed by atoms with van der Waals surface area (Å²) in [6.45, 7) is 0.317. The molecule has 1 aromatic carbocycles. The van der Waals surface area contributed by atoms with E-state index in [-0.39, 0.29) is 23.3 Å². The number of anilines is 1. The largest absolute Gasteiger partial charge is 0.496 e. The van der Waals surface area contributed by atoms with Crippen LogP contribution in [0.2, 0.25) is 0 Å². The second-order valence-corrected chi connectivity index (χ2v) is 4.70. The lowest BCUT2D eigenvalue weighted by atomic mass is 10.2. The molecule has 0 spiro atoms. The van der Waals surface area contributed by atoms with Crippen molar-refractivity contribution in [1.29, 1.82) is 0 Å². The van der Waals surface area contributed by atoms with Gasteiger partial charge in [0.05, 0.1) is 13.4 Å². The number of aromatic amines is 1. The fourth-order valence-corrected chi connectivity index (χ4v) is 2.08. The Morgan fingerprint density at radius 1 is 1.43 bits per heavy atom. The Morgan fingerprint density at radius 3 is 3.00 bits per heavy atom. The number of hydrogen-bond donors (Lipinski definition) is 3. The highest BCUT2D eigenvalue weighted by molar-refractivity contribution is 5.92. The number of methoxy groups -OCH3 is 1. The quantitative estimate of drug-likeness (QED) is 0.658. The molecule has 8 heteroatoms. The van der Waals surface area contributed by atoms with Crippen molar-refractivity contribution in [3.8, 4) is 17.3 Å². The molecule has 0 saturated carbocycles. The summed E-state index contributed by atoms with van der Waals surface area (Å²) in [6, 6.07) is 7.44. The van der Waals surface area contributed by atoms with Gasteiger partial charge < -0.3 is 25.2 Å². The van der Waals surface area contributed by atoms with Gasteiger partial charge in [-0.1, -0.05) is 18.2 Å². The van der Waals surface area contributed by atoms with Crippen LogP contribution < -0.4 is 15.8 Å². The van der Waals surface area contributed by atoms with Gasteiger partial charge in [0.15, 0.2) is 11.5 Å². The Morgan fingerprint density at radius 2 is 2.26 bits per heavy atom. The fraction of sp³-hybridized carbons (Fsp3) is 0.133. The molecule has 0 atom stereocenters. The van der Waals surface area contributed by atoms with Crippen molar-refractivity contribution in [2.75, 3.05) is 12.8 Å². The predicted octanol–water partition coefficient (Wildman–Crippen LogP) is 1.59. The number of carbonyl (C=O) groups excluding carboxylic acids is 1. The third-order valence-corrected chi connectivity index (χ3v) is 3.25. The van der Waals surface area contributed by atoms with Crippen molar-refractivity contribution in [2.45, 2.75) is 6.54 Å². The maximum atomic E-state index is 12.2. The smallest absolute Gasteiger partial charge is 0.273 e. The molecular formula is C15H15N5O3. The molecule has 3 aromatic rings. The van der Waals surface area contributed by atoms with Crippen LogP contribution in [-0.4, -0.2) is 28.0 Å². The number of ether oxygens (including phenoxy) is 1. The number of hydrogen-bond acceptors (Lipinski definition) is 6. The van der Waals surface area contributed by atoms with E-state index in [0.717, 1.165) is 5.56 Å². The molecule has 0 saturated heterocycles. The van der Waals surface area contributed by atoms with Gasteiger partial charge in [0.1, 0.15) is 17.7 Å². The molecule has 3 rings (SSSR count). The maximum Gasteiger partial charge on any atom is 0.273 e. The van der Waals surface area contributed by atoms with E-state index < -0.39 is 0 Å². The van der Waals surface area contributed by atoms with E-state index in [9.17, 15) is 4.79 Å². The number of nitrogens with two attached hydrogens (primary N) is 1. The van der Waals surface area contributed by atoms with Gasteiger partial charge >= 0.3 is 0 Å². The second-order valence-electron chi connectivity index (χ2n) is 4.70. The summed E-state index contributed by atoms with van der Waals surface area (Å²) in [5.74, 6) is 0.818. The molecule has 0 aliphatic carbocycles. The van der Waals surface area contributed by atoms with Crippen LogP contribution in [0, 0.1) is 0 Å². The maximum absolute atomic E-state index is 12.2. The number of oxazole rings is 1. The fourth-order valence-electron chi connectivity index (χ4n) is 2.08. The first kappa shape index (κ1) is 14.6. The lowest BCUT2D eigenvalue weighted by molar-refractivity contribution is 0.0945. The summed E-state index contributed by atoms with van der Waals surface area (Å²) in [5, 5.41) is 2.76. The van der Waals surface area contributed by atoms with Crippen LogP contribution in [0.1, 0.15) is 16.1 Å². The third kappa shape index (κ3) is 3.00. The number of benzene rings is 1. The molecule has 23 heavy (non-hydrogen) atoms. The number of nitrogens with zero attached hydrogens (tertiary/aromatic N) is 2. The molecule has 118 valence electrons. The van der Waals surface area contributed by atoms with E-state index in [0.29, 0.717) is 18.0 Å². The number of para-hydroxylation sites is 1. The summed E-state index contributed by atoms with van der Waals surface area (Å²) in [7, 11) is 1.58. The monoisotopic (exact) mass is 313 g/mol. The standard InChI is InChI=1S/C15H15N5O3/c1-22-11-5-3-2-4-9(11)6-17-14(21)10-7-23-15(20-10)12-13(16)19-8-18-12/h2-5,7-8H,6,16H2,1H3,(H,17,21)(H,18,19). The highest BCUT2D eigenvalue weighted by Gasteiger charge is 2.16. The summed E-state index contributed by atoms with van der Waals surface area (Å²) >= 11 is 0. The molecule has 0 unspecified atom stereocenters. The number of nitrogen functional groups attached to an aromatic ring is 1. The van der Waals surface area contributed by atoms with Gasteiger partial charge in [0.2, 0.25) is 5.89 Å². The molecule has 2 heterocycles. The Balaban J connectivity index is 1.70. The van der Waals surface area contributed by atoms with E-state index in [2.05, 4.69) is 20.3 Å². The van der Waals surface area contributed by atoms with Gasteiger partial charge in [-0.3, -0.25) is 4.79 Å². The number of rotatable bonds is 5. The summed E-state index contributed by atoms with van der Waals surface area (Å²) in [4.78, 5) is 22.9. The average molecular weight is 313 g/mol. The third-order valence-electron chi connectivity index (χ3n) is 3.25. The summed E-state index contributed by atoms with van der Waals surface area (Å²) in [6.07, 6.45) is 2.70. The van der Waals surface area contributed by atoms with Gasteiger partial charge in [-0.25, -0.2) is 9.97 Å². The van der Waals surface area contributed by atoms with Crippen LogP contribution in [0.4, 0.5) is 5.82 Å². The average Bonchev–Trinajstić information content (AvgIpc) is 3.21. The highest BCUT2D eigenvalue weighted by atomic mass is 16.5. The van der Waals surface area contributed by atoms with E-state index in [1.54, 1.807) is 7.11 Å². The van der Waals surface area contributed by atoms with E-state index >= 15 is 0 Å². The Bertz CT molecular complexity index is 824. The predicted molar refractivity (Wildman–Crippen MR) is 82.7 cm³/mol. The van der Waals surface area contributed by atoms with Crippen molar-refractivity contribution in [2.24, 2.45) is 0 Å². The minimum Gasteiger partial charge on any atom is -0.496 e. The lowest BCUT2D eigenvalue weighted by Gasteiger charge is -2.08. The minimum absolute atomic E-state index is 0.156. The number of H-pyrrole nitrogens is 1. The van der Waals surface area contributed by atoms with E-state index in [4.69, 9.17) is 14.9 Å². The van der Waals surface area contributed by atoms with Crippen molar-refractivity contribution in [1.82, 2.24) is 20.3 Å². The zero-order valence-corrected chi connectivity index (χ0v) is 12.4. The second kappa shape index (κ2) is 6.22. The molecule has 0 fully saturated rings. The van der Waals surface area contributed by atoms with Gasteiger partial charge in [0.25, 0.3) is 5.91 Å². The molecular weight excluding hydrogens is 298 g/mol. The zero-order valence-electron chi connectivity index (χ0n) is 12.4. The molecule has 0 radical (unpaired) electrons. The van der Waals surface area contributed by atoms with Crippen molar-refractivity contribution in [3.63, 3.8) is 0 Å². The summed E-state index contributed by atoms with van der Waals surface area (Å²) in [5.41, 5.74) is 7.13. The Labute approximate surface area is 131 Å². The molecule has 0 bridgehead atoms. The molecule has 1 amide bonds. The van der Waals surface area contributed by atoms with Crippen molar-refractivity contribution < 1.29 is 13.9 Å². The van der Waals surface area contributed by atoms with Gasteiger partial charge in [-0.15, -0.1) is 0 Å². The first-order valence-electron chi connectivity index (χ1n) is 6.84. The van der Waals surface area contributed by atoms with Gasteiger partial charge in [-0.05, 0) is 6.07 Å². The van der Waals surface area contributed by atoms with E-state index in [1.807, 2.05) is 24.3 Å². The van der Waals surface area contributed by atoms with Crippen molar-refractivity contribution in [3.05, 3.63) is 48.1 Å². The summed E-state index contributed by atoms with van der Waals surface area (Å²) < 4.78 is 10.5. The molecule has 4 N–H and O–H groups in total. The Kier molecular flexibility index (Phi) is 3.96. The van der Waals surface area contributed by atoms with Crippen LogP contribution in [0.5, 0.6) is 5.75 Å². The number of imidazole rings is 1. The molecule has 2 aromatic heterocycles. The van der Waals surface area contributed by atoms with Crippen LogP contribution >= 0.6 is 0 Å². The van der Waals surface area contributed by atoms with Crippen LogP contribution in [0.15, 0.2) is 41.3 Å². The number of carbonyl (C=O) groups is 1. The zero-order chi connectivity index (χ0) is 16.2. The van der Waals surface area contributed by atoms with Crippen LogP contribution in [0.3, 0.4) is 0 Å². The lowest BCUT2D eigenvalue weighted by Crippen LogP contribution is -2.23. The SMILES string of the molecule is COc1ccccc1CNC(=O)c1coc(-c2[nH]cnc2N)n1. The minimum atomic E-state index is -0.357. The van der Waals surface area contributed by atoms with E-state index in [1.165, 1.54) is 12.6 Å². The number of aromatic nitrogens is 3. The van der Waals surface area contributed by atoms with Gasteiger partial charge in [-0.2, -0.15) is 0 Å². The molecule has 8 nitrogen and oxygen atoms in total. The Hall–Kier alpha value is -3.29. The first-order valence-corrected chi connectivity index (χ1v) is 6.84. The molecule has 0 aliphatic heterocycles. The topological polar surface area (TPSA) is 119 Å². The van der Waals surface area contributed by atoms with Crippen molar-refractivity contribution >= 4 is 11.7 Å². The normalized spacial score (nSPS) is 10.5. The molecule has 0 aliphatic rings. The number of nitrogens with one attached hydrogen (secondary N) is 2.